The van der Waals surface area contributed by atoms with E-state index in [1.165, 1.54) is 19.5 Å². The van der Waals surface area contributed by atoms with Gasteiger partial charge in [-0.05, 0) is 59.2 Å². The van der Waals surface area contributed by atoms with Crippen LogP contribution in [0.5, 0.6) is 0 Å². The summed E-state index contributed by atoms with van der Waals surface area (Å²) < 4.78 is 0. The van der Waals surface area contributed by atoms with Gasteiger partial charge in [-0.3, -0.25) is 10.1 Å². The summed E-state index contributed by atoms with van der Waals surface area (Å²) in [6.45, 7) is 6.09. The van der Waals surface area contributed by atoms with Crippen molar-refractivity contribution in [1.29, 1.82) is 0 Å². The highest BCUT2D eigenvalue weighted by molar-refractivity contribution is 5.78. The molecule has 0 amide bonds. The lowest BCUT2D eigenvalue weighted by Gasteiger charge is -2.29. The number of aliphatic carboxylic acids is 1. The molecule has 5 nitrogen and oxygen atoms in total. The van der Waals surface area contributed by atoms with Gasteiger partial charge in [-0.1, -0.05) is 0 Å². The first-order valence-electron chi connectivity index (χ1n) is 7.77. The largest absolute Gasteiger partial charge is 0.480 e. The average Bonchev–Trinajstić information content (AvgIpc) is 3.08. The van der Waals surface area contributed by atoms with Crippen molar-refractivity contribution in [2.45, 2.75) is 44.2 Å². The van der Waals surface area contributed by atoms with Gasteiger partial charge < -0.3 is 14.9 Å². The molecule has 2 atom stereocenters. The van der Waals surface area contributed by atoms with E-state index in [0.717, 1.165) is 31.8 Å². The second-order valence-corrected chi connectivity index (χ2v) is 6.99. The van der Waals surface area contributed by atoms with Crippen LogP contribution in [0, 0.1) is 5.92 Å². The van der Waals surface area contributed by atoms with E-state index in [2.05, 4.69) is 29.2 Å². The van der Waals surface area contributed by atoms with Crippen molar-refractivity contribution in [3.8, 4) is 0 Å². The van der Waals surface area contributed by atoms with Crippen LogP contribution in [0.15, 0.2) is 0 Å². The predicted molar refractivity (Wildman–Crippen MR) is 79.9 cm³/mol. The minimum Gasteiger partial charge on any atom is -0.480 e. The summed E-state index contributed by atoms with van der Waals surface area (Å²) >= 11 is 0. The van der Waals surface area contributed by atoms with E-state index in [0.29, 0.717) is 12.5 Å². The Balaban J connectivity index is 1.75. The molecule has 0 aromatic carbocycles. The first kappa shape index (κ1) is 15.7. The summed E-state index contributed by atoms with van der Waals surface area (Å²) in [7, 11) is 4.28. The smallest absolute Gasteiger partial charge is 0.323 e. The molecule has 2 unspecified atom stereocenters. The molecule has 1 aliphatic heterocycles. The van der Waals surface area contributed by atoms with E-state index in [-0.39, 0.29) is 0 Å². The second kappa shape index (κ2) is 6.41. The van der Waals surface area contributed by atoms with E-state index in [1.54, 1.807) is 0 Å². The van der Waals surface area contributed by atoms with Gasteiger partial charge in [-0.25, -0.2) is 0 Å². The van der Waals surface area contributed by atoms with Gasteiger partial charge in [-0.15, -0.1) is 0 Å². The summed E-state index contributed by atoms with van der Waals surface area (Å²) in [4.78, 5) is 16.2. The first-order chi connectivity index (χ1) is 9.39. The SMILES string of the molecule is CN1CCC(CN(C)CCC(C)(NC2CC2)C(=O)O)C1. The number of rotatable bonds is 8. The number of nitrogens with one attached hydrogen (secondary N) is 1. The molecule has 2 aliphatic rings. The maximum absolute atomic E-state index is 11.5. The Bertz CT molecular complexity index is 346. The van der Waals surface area contributed by atoms with Crippen LogP contribution in [-0.2, 0) is 4.79 Å². The van der Waals surface area contributed by atoms with Crippen LogP contribution in [0.25, 0.3) is 0 Å². The summed E-state index contributed by atoms with van der Waals surface area (Å²) in [5.74, 6) is 0.0101. The van der Waals surface area contributed by atoms with Crippen LogP contribution in [0.3, 0.4) is 0 Å². The Hall–Kier alpha value is -0.650. The van der Waals surface area contributed by atoms with Crippen molar-refractivity contribution in [2.24, 2.45) is 5.92 Å². The molecule has 0 aromatic rings. The first-order valence-corrected chi connectivity index (χ1v) is 7.77. The number of hydrogen-bond donors (Lipinski definition) is 2. The van der Waals surface area contributed by atoms with Gasteiger partial charge in [0.1, 0.15) is 5.54 Å². The Kier molecular flexibility index (Phi) is 5.04. The van der Waals surface area contributed by atoms with Gasteiger partial charge in [0.05, 0.1) is 0 Å². The third-order valence-electron chi connectivity index (χ3n) is 4.62. The topological polar surface area (TPSA) is 55.8 Å². The van der Waals surface area contributed by atoms with Crippen LogP contribution in [0.2, 0.25) is 0 Å². The number of nitrogens with zero attached hydrogens (tertiary/aromatic N) is 2. The van der Waals surface area contributed by atoms with Crippen molar-refractivity contribution in [3.63, 3.8) is 0 Å². The van der Waals surface area contributed by atoms with Gasteiger partial charge in [0.2, 0.25) is 0 Å². The predicted octanol–water partition coefficient (Wildman–Crippen LogP) is 0.855. The number of carboxylic acid groups (broad SMARTS) is 1. The highest BCUT2D eigenvalue weighted by atomic mass is 16.4. The molecule has 0 radical (unpaired) electrons. The van der Waals surface area contributed by atoms with Crippen LogP contribution >= 0.6 is 0 Å². The summed E-state index contributed by atoms with van der Waals surface area (Å²) in [6, 6.07) is 0.421. The molecule has 2 N–H and O–H groups in total. The Labute approximate surface area is 122 Å². The molecule has 1 saturated carbocycles. The van der Waals surface area contributed by atoms with Gasteiger partial charge in [0, 0.05) is 25.7 Å². The van der Waals surface area contributed by atoms with Gasteiger partial charge in [-0.2, -0.15) is 0 Å². The Morgan fingerprint density at radius 1 is 1.45 bits per heavy atom. The van der Waals surface area contributed by atoms with Gasteiger partial charge in [0.25, 0.3) is 0 Å². The van der Waals surface area contributed by atoms with Crippen LogP contribution in [-0.4, -0.2) is 72.7 Å². The fraction of sp³-hybridized carbons (Fsp3) is 0.933. The Morgan fingerprint density at radius 2 is 2.15 bits per heavy atom. The van der Waals surface area contributed by atoms with Crippen molar-refractivity contribution >= 4 is 5.97 Å². The van der Waals surface area contributed by atoms with E-state index in [4.69, 9.17) is 0 Å². The fourth-order valence-electron chi connectivity index (χ4n) is 3.04. The Morgan fingerprint density at radius 3 is 2.65 bits per heavy atom. The third-order valence-corrected chi connectivity index (χ3v) is 4.62. The monoisotopic (exact) mass is 283 g/mol. The minimum absolute atomic E-state index is 0.421. The molecule has 1 heterocycles. The molecular weight excluding hydrogens is 254 g/mol. The molecule has 116 valence electrons. The van der Waals surface area contributed by atoms with Crippen molar-refractivity contribution in [3.05, 3.63) is 0 Å². The number of hydrogen-bond acceptors (Lipinski definition) is 4. The van der Waals surface area contributed by atoms with Crippen LogP contribution < -0.4 is 5.32 Å². The molecule has 2 rings (SSSR count). The fourth-order valence-corrected chi connectivity index (χ4v) is 3.04. The summed E-state index contributed by atoms with van der Waals surface area (Å²) in [5, 5.41) is 12.7. The highest BCUT2D eigenvalue weighted by Gasteiger charge is 2.38. The van der Waals surface area contributed by atoms with E-state index >= 15 is 0 Å². The lowest BCUT2D eigenvalue weighted by Crippen LogP contribution is -2.52. The molecule has 1 aliphatic carbocycles. The maximum atomic E-state index is 11.5. The summed E-state index contributed by atoms with van der Waals surface area (Å²) in [6.07, 6.45) is 4.16. The van der Waals surface area contributed by atoms with Gasteiger partial charge >= 0.3 is 5.97 Å². The molecule has 5 heteroatoms. The molecule has 0 spiro atoms. The minimum atomic E-state index is -0.776. The van der Waals surface area contributed by atoms with Gasteiger partial charge in [0.15, 0.2) is 0 Å². The maximum Gasteiger partial charge on any atom is 0.323 e. The van der Waals surface area contributed by atoms with E-state index < -0.39 is 11.5 Å². The second-order valence-electron chi connectivity index (χ2n) is 6.99. The quantitative estimate of drug-likeness (QED) is 0.692. The van der Waals surface area contributed by atoms with Crippen LogP contribution in [0.4, 0.5) is 0 Å². The molecular formula is C15H29N3O2. The lowest BCUT2D eigenvalue weighted by molar-refractivity contribution is -0.144. The molecule has 2 fully saturated rings. The average molecular weight is 283 g/mol. The highest BCUT2D eigenvalue weighted by Crippen LogP contribution is 2.24. The normalized spacial score (nSPS) is 26.9. The summed E-state index contributed by atoms with van der Waals surface area (Å²) in [5.41, 5.74) is -0.776. The number of likely N-dealkylation sites (tertiary alicyclic amines) is 1. The van der Waals surface area contributed by atoms with E-state index in [9.17, 15) is 9.90 Å². The van der Waals surface area contributed by atoms with Crippen LogP contribution in [0.1, 0.15) is 32.6 Å². The zero-order valence-corrected chi connectivity index (χ0v) is 13.1. The lowest BCUT2D eigenvalue weighted by atomic mass is 9.97. The third kappa shape index (κ3) is 4.43. The zero-order valence-electron chi connectivity index (χ0n) is 13.1. The molecule has 1 saturated heterocycles. The van der Waals surface area contributed by atoms with Crippen molar-refractivity contribution < 1.29 is 9.90 Å². The molecule has 0 aromatic heterocycles. The zero-order chi connectivity index (χ0) is 14.8. The van der Waals surface area contributed by atoms with Crippen molar-refractivity contribution in [1.82, 2.24) is 15.1 Å². The standard InChI is InChI=1S/C15H29N3O2/c1-15(14(19)20,16-13-4-5-13)7-9-18(3)11-12-6-8-17(2)10-12/h12-13,16H,4-11H2,1-3H3,(H,19,20). The number of carbonyl (C=O) groups is 1. The van der Waals surface area contributed by atoms with E-state index in [1.807, 2.05) is 6.92 Å². The molecule has 0 bridgehead atoms. The molecule has 20 heavy (non-hydrogen) atoms. The number of carboxylic acids is 1. The van der Waals surface area contributed by atoms with Crippen molar-refractivity contribution in [2.75, 3.05) is 40.3 Å².